The predicted octanol–water partition coefficient (Wildman–Crippen LogP) is 3.29. The molecule has 152 valence electrons. The van der Waals surface area contributed by atoms with Gasteiger partial charge in [0, 0.05) is 0 Å². The molecule has 0 aliphatic carbocycles. The van der Waals surface area contributed by atoms with Crippen molar-refractivity contribution in [1.29, 1.82) is 0 Å². The molecule has 1 fully saturated rings. The fraction of sp³-hybridized carbons (Fsp3) is 0.250. The maximum atomic E-state index is 13.7. The van der Waals surface area contributed by atoms with E-state index < -0.39 is 53.1 Å². The van der Waals surface area contributed by atoms with Crippen LogP contribution in [0, 0.1) is 17.5 Å². The van der Waals surface area contributed by atoms with E-state index in [2.05, 4.69) is 10.6 Å². The molecule has 9 heteroatoms. The van der Waals surface area contributed by atoms with Gasteiger partial charge in [-0.15, -0.1) is 0 Å². The molecule has 29 heavy (non-hydrogen) atoms. The highest BCUT2D eigenvalue weighted by Gasteiger charge is 2.52. The van der Waals surface area contributed by atoms with Crippen molar-refractivity contribution in [3.05, 3.63) is 65.5 Å². The molecule has 6 nitrogen and oxygen atoms in total. The highest BCUT2D eigenvalue weighted by Crippen LogP contribution is 2.33. The van der Waals surface area contributed by atoms with Gasteiger partial charge in [-0.2, -0.15) is 0 Å². The van der Waals surface area contributed by atoms with Gasteiger partial charge in [0.2, 0.25) is 5.91 Å². The SMILES string of the molecule is CCC[C@@]1(c2ccccc2)NC(=O)N(CC(=O)Nc2ccc(F)c(F)c2F)C1=O. The van der Waals surface area contributed by atoms with Crippen LogP contribution >= 0.6 is 0 Å². The molecule has 0 saturated carbocycles. The second-order valence-electron chi connectivity index (χ2n) is 6.61. The Morgan fingerprint density at radius 1 is 1.07 bits per heavy atom. The molecule has 0 radical (unpaired) electrons. The average Bonchev–Trinajstić information content (AvgIpc) is 2.94. The summed E-state index contributed by atoms with van der Waals surface area (Å²) in [4.78, 5) is 38.5. The van der Waals surface area contributed by atoms with Crippen LogP contribution in [0.25, 0.3) is 0 Å². The lowest BCUT2D eigenvalue weighted by Gasteiger charge is -2.26. The Bertz CT molecular complexity index is 968. The maximum Gasteiger partial charge on any atom is 0.325 e. The molecule has 1 heterocycles. The third-order valence-corrected chi connectivity index (χ3v) is 4.68. The number of urea groups is 1. The third kappa shape index (κ3) is 3.67. The zero-order chi connectivity index (χ0) is 21.2. The first-order chi connectivity index (χ1) is 13.8. The molecule has 0 spiro atoms. The van der Waals surface area contributed by atoms with Crippen LogP contribution in [0.15, 0.2) is 42.5 Å². The van der Waals surface area contributed by atoms with E-state index in [1.54, 1.807) is 30.3 Å². The van der Waals surface area contributed by atoms with Crippen LogP contribution in [0.3, 0.4) is 0 Å². The van der Waals surface area contributed by atoms with E-state index in [0.29, 0.717) is 24.5 Å². The van der Waals surface area contributed by atoms with Crippen LogP contribution in [-0.4, -0.2) is 29.3 Å². The summed E-state index contributed by atoms with van der Waals surface area (Å²) < 4.78 is 40.1. The summed E-state index contributed by atoms with van der Waals surface area (Å²) in [5.74, 6) is -6.25. The molecule has 1 aliphatic heterocycles. The van der Waals surface area contributed by atoms with Crippen LogP contribution < -0.4 is 10.6 Å². The molecule has 3 rings (SSSR count). The van der Waals surface area contributed by atoms with Gasteiger partial charge in [-0.05, 0) is 24.1 Å². The van der Waals surface area contributed by atoms with E-state index in [1.807, 2.05) is 6.92 Å². The molecule has 2 aromatic carbocycles. The van der Waals surface area contributed by atoms with E-state index in [0.717, 1.165) is 11.0 Å². The molecular formula is C20H18F3N3O3. The molecule has 2 N–H and O–H groups in total. The van der Waals surface area contributed by atoms with E-state index in [9.17, 15) is 27.6 Å². The second-order valence-corrected chi connectivity index (χ2v) is 6.61. The van der Waals surface area contributed by atoms with Crippen LogP contribution in [0.4, 0.5) is 23.7 Å². The van der Waals surface area contributed by atoms with Gasteiger partial charge in [0.15, 0.2) is 17.5 Å². The smallest absolute Gasteiger partial charge is 0.322 e. The number of hydrogen-bond donors (Lipinski definition) is 2. The molecule has 0 bridgehead atoms. The van der Waals surface area contributed by atoms with Crippen molar-refractivity contribution in [3.63, 3.8) is 0 Å². The number of amides is 4. The lowest BCUT2D eigenvalue weighted by atomic mass is 9.85. The zero-order valence-electron chi connectivity index (χ0n) is 15.5. The quantitative estimate of drug-likeness (QED) is 0.572. The highest BCUT2D eigenvalue weighted by molar-refractivity contribution is 6.10. The Morgan fingerprint density at radius 2 is 1.76 bits per heavy atom. The Hall–Kier alpha value is -3.36. The Morgan fingerprint density at radius 3 is 2.41 bits per heavy atom. The van der Waals surface area contributed by atoms with Crippen LogP contribution in [0.2, 0.25) is 0 Å². The first-order valence-electron chi connectivity index (χ1n) is 8.93. The number of imide groups is 1. The summed E-state index contributed by atoms with van der Waals surface area (Å²) in [6, 6.07) is 9.37. The molecule has 2 aromatic rings. The average molecular weight is 405 g/mol. The standard InChI is InChI=1S/C20H18F3N3O3/c1-2-10-20(12-6-4-3-5-7-12)18(28)26(19(29)25-20)11-15(27)24-14-9-8-13(21)16(22)17(14)23/h3-9H,2,10-11H2,1H3,(H,24,27)(H,25,29)/t20-/m0/s1. The maximum absolute atomic E-state index is 13.7. The van der Waals surface area contributed by atoms with Crippen LogP contribution in [-0.2, 0) is 15.1 Å². The van der Waals surface area contributed by atoms with Gasteiger partial charge in [-0.25, -0.2) is 18.0 Å². The number of nitrogens with zero attached hydrogens (tertiary/aromatic N) is 1. The Labute approximate surface area is 164 Å². The summed E-state index contributed by atoms with van der Waals surface area (Å²) in [6.45, 7) is 1.15. The summed E-state index contributed by atoms with van der Waals surface area (Å²) in [6.07, 6.45) is 0.901. The van der Waals surface area contributed by atoms with Gasteiger partial charge >= 0.3 is 6.03 Å². The highest BCUT2D eigenvalue weighted by atomic mass is 19.2. The number of rotatable bonds is 6. The van der Waals surface area contributed by atoms with Crippen LogP contribution in [0.5, 0.6) is 0 Å². The predicted molar refractivity (Wildman–Crippen MR) is 98.2 cm³/mol. The fourth-order valence-electron chi connectivity index (χ4n) is 3.33. The fourth-order valence-corrected chi connectivity index (χ4v) is 3.33. The van der Waals surface area contributed by atoms with Gasteiger partial charge in [-0.3, -0.25) is 14.5 Å². The largest absolute Gasteiger partial charge is 0.325 e. The number of hydrogen-bond acceptors (Lipinski definition) is 3. The zero-order valence-corrected chi connectivity index (χ0v) is 15.5. The summed E-state index contributed by atoms with van der Waals surface area (Å²) in [5, 5.41) is 4.71. The first-order valence-corrected chi connectivity index (χ1v) is 8.93. The number of carbonyl (C=O) groups is 3. The van der Waals surface area contributed by atoms with Crippen molar-refractivity contribution in [1.82, 2.24) is 10.2 Å². The lowest BCUT2D eigenvalue weighted by molar-refractivity contribution is -0.134. The molecule has 1 aliphatic rings. The molecule has 0 unspecified atom stereocenters. The number of halogens is 3. The number of benzene rings is 2. The molecule has 0 aromatic heterocycles. The number of anilines is 1. The summed E-state index contributed by atoms with van der Waals surface area (Å²) in [7, 11) is 0. The second kappa shape index (κ2) is 7.94. The summed E-state index contributed by atoms with van der Waals surface area (Å²) >= 11 is 0. The Kier molecular flexibility index (Phi) is 5.58. The number of carbonyl (C=O) groups excluding carboxylic acids is 3. The topological polar surface area (TPSA) is 78.5 Å². The van der Waals surface area contributed by atoms with Crippen molar-refractivity contribution < 1.29 is 27.6 Å². The van der Waals surface area contributed by atoms with Crippen molar-refractivity contribution in [2.75, 3.05) is 11.9 Å². The van der Waals surface area contributed by atoms with Gasteiger partial charge < -0.3 is 10.6 Å². The van der Waals surface area contributed by atoms with Gasteiger partial charge in [0.25, 0.3) is 5.91 Å². The van der Waals surface area contributed by atoms with Gasteiger partial charge in [-0.1, -0.05) is 43.7 Å². The number of nitrogens with one attached hydrogen (secondary N) is 2. The normalized spacial score (nSPS) is 18.7. The molecular weight excluding hydrogens is 387 g/mol. The minimum Gasteiger partial charge on any atom is -0.322 e. The van der Waals surface area contributed by atoms with Gasteiger partial charge in [0.05, 0.1) is 5.69 Å². The molecule has 4 amide bonds. The minimum atomic E-state index is -1.73. The van der Waals surface area contributed by atoms with Crippen molar-refractivity contribution in [2.24, 2.45) is 0 Å². The minimum absolute atomic E-state index is 0.317. The Balaban J connectivity index is 1.81. The van der Waals surface area contributed by atoms with E-state index >= 15 is 0 Å². The summed E-state index contributed by atoms with van der Waals surface area (Å²) in [5.41, 5.74) is -1.32. The van der Waals surface area contributed by atoms with Crippen LogP contribution in [0.1, 0.15) is 25.3 Å². The molecule has 1 atom stereocenters. The van der Waals surface area contributed by atoms with Crippen molar-refractivity contribution in [3.8, 4) is 0 Å². The van der Waals surface area contributed by atoms with E-state index in [-0.39, 0.29) is 0 Å². The third-order valence-electron chi connectivity index (χ3n) is 4.68. The van der Waals surface area contributed by atoms with Crippen molar-refractivity contribution >= 4 is 23.5 Å². The van der Waals surface area contributed by atoms with Gasteiger partial charge in [0.1, 0.15) is 12.1 Å². The monoisotopic (exact) mass is 405 g/mol. The first kappa shape index (κ1) is 20.4. The lowest BCUT2D eigenvalue weighted by Crippen LogP contribution is -2.44. The van der Waals surface area contributed by atoms with E-state index in [4.69, 9.17) is 0 Å². The van der Waals surface area contributed by atoms with E-state index in [1.165, 1.54) is 0 Å². The molecule has 1 saturated heterocycles. The van der Waals surface area contributed by atoms with Crippen molar-refractivity contribution in [2.45, 2.75) is 25.3 Å².